The summed E-state index contributed by atoms with van der Waals surface area (Å²) in [5, 5.41) is 10.4. The Morgan fingerprint density at radius 2 is 1.88 bits per heavy atom. The number of aryl methyl sites for hydroxylation is 1. The summed E-state index contributed by atoms with van der Waals surface area (Å²) in [5.41, 5.74) is 11.9. The van der Waals surface area contributed by atoms with Crippen LogP contribution in [0, 0.1) is 18.3 Å². The third-order valence-corrected chi connectivity index (χ3v) is 7.00. The van der Waals surface area contributed by atoms with Crippen LogP contribution in [-0.2, 0) is 4.79 Å². The fourth-order valence-corrected chi connectivity index (χ4v) is 5.46. The highest BCUT2D eigenvalue weighted by Crippen LogP contribution is 2.52. The lowest BCUT2D eigenvalue weighted by Gasteiger charge is -2.43. The first-order chi connectivity index (χ1) is 16.6. The highest BCUT2D eigenvalue weighted by atomic mass is 16.3. The molecule has 0 spiro atoms. The van der Waals surface area contributed by atoms with E-state index < -0.39 is 5.92 Å². The standard InChI is InChI=1S/C28H22N4O2/c1-16-7-2-3-8-18(16)25-20(15-29)28-31-27(30)19-9-4-5-10-21(19)32(28)22-13-17(14-23(33)26(22)25)24-11-6-12-34-24/h2-12,17,25H,13-14H2,1H3,(H2,30,31). The number of ketones is 1. The molecular weight excluding hydrogens is 424 g/mol. The van der Waals surface area contributed by atoms with Gasteiger partial charge in [-0.2, -0.15) is 5.26 Å². The molecule has 3 aromatic rings. The van der Waals surface area contributed by atoms with Gasteiger partial charge >= 0.3 is 0 Å². The van der Waals surface area contributed by atoms with Gasteiger partial charge in [0.1, 0.15) is 11.6 Å². The molecule has 166 valence electrons. The average Bonchev–Trinajstić information content (AvgIpc) is 3.39. The lowest BCUT2D eigenvalue weighted by atomic mass is 9.71. The van der Waals surface area contributed by atoms with Crippen molar-refractivity contribution in [2.75, 3.05) is 4.90 Å². The van der Waals surface area contributed by atoms with Crippen molar-refractivity contribution < 1.29 is 9.21 Å². The number of fused-ring (bicyclic) bond motifs is 4. The number of nitrogens with two attached hydrogens (primary N) is 1. The molecule has 34 heavy (non-hydrogen) atoms. The Balaban J connectivity index is 1.65. The van der Waals surface area contributed by atoms with Gasteiger partial charge < -0.3 is 10.2 Å². The van der Waals surface area contributed by atoms with Crippen molar-refractivity contribution >= 4 is 17.3 Å². The van der Waals surface area contributed by atoms with E-state index in [4.69, 9.17) is 15.1 Å². The van der Waals surface area contributed by atoms with Crippen LogP contribution >= 0.6 is 0 Å². The minimum atomic E-state index is -0.487. The smallest absolute Gasteiger partial charge is 0.162 e. The van der Waals surface area contributed by atoms with Gasteiger partial charge in [0, 0.05) is 29.2 Å². The molecule has 0 saturated heterocycles. The summed E-state index contributed by atoms with van der Waals surface area (Å²) < 4.78 is 5.69. The van der Waals surface area contributed by atoms with Crippen LogP contribution in [0.15, 0.2) is 99.0 Å². The van der Waals surface area contributed by atoms with Crippen LogP contribution in [-0.4, -0.2) is 11.6 Å². The Bertz CT molecular complexity index is 1470. The number of rotatable bonds is 2. The summed E-state index contributed by atoms with van der Waals surface area (Å²) in [6.07, 6.45) is 2.58. The van der Waals surface area contributed by atoms with E-state index in [1.165, 1.54) is 0 Å². The van der Waals surface area contributed by atoms with Crippen molar-refractivity contribution in [2.45, 2.75) is 31.6 Å². The molecule has 0 fully saturated rings. The zero-order valence-corrected chi connectivity index (χ0v) is 18.7. The SMILES string of the molecule is Cc1ccccc1C1C(C#N)=C2N=C(N)c3ccccc3N2C2=C1C(=O)CC(c1ccco1)C2. The number of hydrogen-bond acceptors (Lipinski definition) is 6. The maximum atomic E-state index is 13.8. The van der Waals surface area contributed by atoms with Crippen LogP contribution in [0.2, 0.25) is 0 Å². The molecule has 6 heteroatoms. The number of amidine groups is 1. The molecule has 2 N–H and O–H groups in total. The van der Waals surface area contributed by atoms with Gasteiger partial charge in [-0.3, -0.25) is 9.69 Å². The highest BCUT2D eigenvalue weighted by Gasteiger charge is 2.45. The number of carbonyl (C=O) groups is 1. The topological polar surface area (TPSA) is 95.6 Å². The van der Waals surface area contributed by atoms with Crippen molar-refractivity contribution in [3.63, 3.8) is 0 Å². The fraction of sp³-hybridized carbons (Fsp3) is 0.179. The summed E-state index contributed by atoms with van der Waals surface area (Å²) in [7, 11) is 0. The molecule has 1 aliphatic carbocycles. The summed E-state index contributed by atoms with van der Waals surface area (Å²) in [6.45, 7) is 2.01. The number of para-hydroxylation sites is 1. The van der Waals surface area contributed by atoms with Crippen LogP contribution in [0.25, 0.3) is 0 Å². The van der Waals surface area contributed by atoms with Crippen molar-refractivity contribution in [1.29, 1.82) is 5.26 Å². The molecule has 0 bridgehead atoms. The van der Waals surface area contributed by atoms with Crippen LogP contribution in [0.5, 0.6) is 0 Å². The number of Topliss-reactive ketones (excluding diaryl/α,β-unsaturated/α-hetero) is 1. The lowest BCUT2D eigenvalue weighted by molar-refractivity contribution is -0.116. The van der Waals surface area contributed by atoms with Gasteiger partial charge in [0.25, 0.3) is 0 Å². The summed E-state index contributed by atoms with van der Waals surface area (Å²) in [4.78, 5) is 20.5. The van der Waals surface area contributed by atoms with Gasteiger partial charge in [-0.05, 0) is 48.7 Å². The molecule has 0 amide bonds. The number of hydrogen-bond donors (Lipinski definition) is 1. The fourth-order valence-electron chi connectivity index (χ4n) is 5.46. The van der Waals surface area contributed by atoms with Gasteiger partial charge in [-0.1, -0.05) is 36.4 Å². The van der Waals surface area contributed by atoms with E-state index in [1.807, 2.05) is 72.5 Å². The van der Waals surface area contributed by atoms with Crippen LogP contribution < -0.4 is 10.6 Å². The molecular formula is C28H22N4O2. The molecule has 6 nitrogen and oxygen atoms in total. The number of aliphatic imine (C=N–C) groups is 1. The van der Waals surface area contributed by atoms with Crippen LogP contribution in [0.3, 0.4) is 0 Å². The molecule has 6 rings (SSSR count). The van der Waals surface area contributed by atoms with Crippen molar-refractivity contribution in [3.8, 4) is 6.07 Å². The summed E-state index contributed by atoms with van der Waals surface area (Å²) >= 11 is 0. The van der Waals surface area contributed by atoms with E-state index in [0.29, 0.717) is 35.6 Å². The minimum Gasteiger partial charge on any atom is -0.469 e. The first-order valence-corrected chi connectivity index (χ1v) is 11.3. The number of anilines is 1. The molecule has 3 aliphatic rings. The van der Waals surface area contributed by atoms with Crippen molar-refractivity contribution in [3.05, 3.63) is 112 Å². The van der Waals surface area contributed by atoms with Gasteiger partial charge in [0.15, 0.2) is 11.6 Å². The molecule has 0 saturated carbocycles. The third kappa shape index (κ3) is 2.87. The van der Waals surface area contributed by atoms with E-state index in [0.717, 1.165) is 33.8 Å². The summed E-state index contributed by atoms with van der Waals surface area (Å²) in [5.74, 6) is 1.11. The van der Waals surface area contributed by atoms with Crippen LogP contribution in [0.1, 0.15) is 47.1 Å². The van der Waals surface area contributed by atoms with E-state index in [9.17, 15) is 10.1 Å². The Kier molecular flexibility index (Phi) is 4.53. The lowest BCUT2D eigenvalue weighted by Crippen LogP contribution is -2.40. The number of carbonyl (C=O) groups excluding carboxylic acids is 1. The molecule has 2 atom stereocenters. The molecule has 3 heterocycles. The zero-order valence-electron chi connectivity index (χ0n) is 18.7. The number of nitrogens with zero attached hydrogens (tertiary/aromatic N) is 3. The van der Waals surface area contributed by atoms with Crippen molar-refractivity contribution in [2.24, 2.45) is 10.7 Å². The highest BCUT2D eigenvalue weighted by molar-refractivity contribution is 6.08. The largest absolute Gasteiger partial charge is 0.469 e. The van der Waals surface area contributed by atoms with Gasteiger partial charge in [0.05, 0.1) is 29.5 Å². The number of benzene rings is 2. The zero-order chi connectivity index (χ0) is 23.4. The normalized spacial score (nSPS) is 21.5. The quantitative estimate of drug-likeness (QED) is 0.595. The molecule has 2 unspecified atom stereocenters. The van der Waals surface area contributed by atoms with Crippen LogP contribution in [0.4, 0.5) is 5.69 Å². The van der Waals surface area contributed by atoms with Crippen molar-refractivity contribution in [1.82, 2.24) is 0 Å². The second-order valence-electron chi connectivity index (χ2n) is 8.89. The predicted octanol–water partition coefficient (Wildman–Crippen LogP) is 5.05. The maximum Gasteiger partial charge on any atom is 0.162 e. The Labute approximate surface area is 197 Å². The van der Waals surface area contributed by atoms with E-state index in [-0.39, 0.29) is 11.7 Å². The predicted molar refractivity (Wildman–Crippen MR) is 129 cm³/mol. The second kappa shape index (κ2) is 7.60. The average molecular weight is 447 g/mol. The molecule has 0 radical (unpaired) electrons. The Morgan fingerprint density at radius 1 is 1.09 bits per heavy atom. The van der Waals surface area contributed by atoms with E-state index in [1.54, 1.807) is 6.26 Å². The monoisotopic (exact) mass is 446 g/mol. The van der Waals surface area contributed by atoms with Gasteiger partial charge in [-0.15, -0.1) is 0 Å². The second-order valence-corrected chi connectivity index (χ2v) is 8.89. The number of furan rings is 1. The molecule has 2 aromatic carbocycles. The number of nitriles is 1. The van der Waals surface area contributed by atoms with Gasteiger partial charge in [-0.25, -0.2) is 4.99 Å². The van der Waals surface area contributed by atoms with Gasteiger partial charge in [0.2, 0.25) is 0 Å². The van der Waals surface area contributed by atoms with E-state index in [2.05, 4.69) is 6.07 Å². The summed E-state index contributed by atoms with van der Waals surface area (Å²) in [6, 6.07) is 21.8. The first kappa shape index (κ1) is 20.3. The third-order valence-electron chi connectivity index (χ3n) is 7.00. The Hall–Kier alpha value is -4.37. The molecule has 1 aromatic heterocycles. The molecule has 2 aliphatic heterocycles. The minimum absolute atomic E-state index is 0.0303. The van der Waals surface area contributed by atoms with E-state index >= 15 is 0 Å². The maximum absolute atomic E-state index is 13.8. The number of allylic oxidation sites excluding steroid dienone is 3. The Morgan fingerprint density at radius 3 is 2.65 bits per heavy atom. The first-order valence-electron chi connectivity index (χ1n) is 11.3.